The number of allylic oxidation sites excluding steroid dienone is 2. The van der Waals surface area contributed by atoms with Crippen LogP contribution in [0, 0.1) is 30.6 Å². The van der Waals surface area contributed by atoms with Crippen LogP contribution >= 0.6 is 0 Å². The number of fused-ring (bicyclic) bond motifs is 4. The maximum atomic E-state index is 15.3. The molecule has 4 amide bonds. The number of phenols is 1. The molecule has 0 radical (unpaired) electrons. The topological polar surface area (TPSA) is 116 Å². The van der Waals surface area contributed by atoms with E-state index in [9.17, 15) is 19.5 Å². The molecule has 3 fully saturated rings. The molecular weight excluding hydrogens is 642 g/mol. The van der Waals surface area contributed by atoms with E-state index in [2.05, 4.69) is 5.43 Å². The zero-order valence-electron chi connectivity index (χ0n) is 28.5. The van der Waals surface area contributed by atoms with Gasteiger partial charge in [-0.05, 0) is 61.9 Å². The molecule has 4 aliphatic rings. The van der Waals surface area contributed by atoms with Gasteiger partial charge in [0.15, 0.2) is 0 Å². The van der Waals surface area contributed by atoms with Crippen molar-refractivity contribution in [2.45, 2.75) is 44.6 Å². The fraction of sp³-hybridized carbons (Fsp3) is 0.286. The number of rotatable bonds is 8. The van der Waals surface area contributed by atoms with Crippen molar-refractivity contribution in [3.8, 4) is 11.5 Å². The van der Waals surface area contributed by atoms with Gasteiger partial charge in [-0.15, -0.1) is 0 Å². The summed E-state index contributed by atoms with van der Waals surface area (Å²) < 4.78 is 6.05. The van der Waals surface area contributed by atoms with Crippen molar-refractivity contribution >= 4 is 29.3 Å². The highest BCUT2D eigenvalue weighted by Gasteiger charge is 2.70. The molecule has 2 saturated heterocycles. The highest BCUT2D eigenvalue weighted by molar-refractivity contribution is 6.13. The molecule has 6 unspecified atom stereocenters. The first-order valence-corrected chi connectivity index (χ1v) is 17.6. The summed E-state index contributed by atoms with van der Waals surface area (Å²) in [6.45, 7) is 4.32. The Morgan fingerprint density at radius 2 is 1.55 bits per heavy atom. The van der Waals surface area contributed by atoms with Crippen LogP contribution in [-0.2, 0) is 31.2 Å². The lowest BCUT2D eigenvalue weighted by atomic mass is 9.49. The Morgan fingerprint density at radius 3 is 2.24 bits per heavy atom. The Kier molecular flexibility index (Phi) is 8.01. The van der Waals surface area contributed by atoms with Crippen LogP contribution in [0.3, 0.4) is 0 Å². The van der Waals surface area contributed by atoms with E-state index in [-0.39, 0.29) is 30.5 Å². The van der Waals surface area contributed by atoms with Crippen molar-refractivity contribution < 1.29 is 29.0 Å². The van der Waals surface area contributed by atoms with E-state index in [0.717, 1.165) is 21.7 Å². The molecule has 4 aromatic carbocycles. The summed E-state index contributed by atoms with van der Waals surface area (Å²) in [5, 5.41) is 13.0. The van der Waals surface area contributed by atoms with Gasteiger partial charge < -0.3 is 9.84 Å². The SMILES string of the molecule is CCN1C(=O)C2CC=C3C(CC4C(=O)N(Nc5ccc(C)cc5)C(=O)C4(c4ccccc4)C3c3ccc(OCc4ccccc4)cc3O)C2C1=O. The van der Waals surface area contributed by atoms with Crippen molar-refractivity contribution in [1.29, 1.82) is 0 Å². The van der Waals surface area contributed by atoms with Gasteiger partial charge in [-0.2, -0.15) is 5.01 Å². The quantitative estimate of drug-likeness (QED) is 0.166. The van der Waals surface area contributed by atoms with Crippen LogP contribution in [0.5, 0.6) is 11.5 Å². The molecule has 1 saturated carbocycles. The van der Waals surface area contributed by atoms with E-state index in [1.807, 2.05) is 97.9 Å². The van der Waals surface area contributed by atoms with E-state index in [4.69, 9.17) is 4.74 Å². The van der Waals surface area contributed by atoms with Crippen molar-refractivity contribution in [3.63, 3.8) is 0 Å². The van der Waals surface area contributed by atoms with Crippen molar-refractivity contribution in [1.82, 2.24) is 9.91 Å². The normalized spacial score (nSPS) is 26.8. The van der Waals surface area contributed by atoms with Crippen molar-refractivity contribution in [2.24, 2.45) is 23.7 Å². The summed E-state index contributed by atoms with van der Waals surface area (Å²) in [6, 6.07) is 31.5. The van der Waals surface area contributed by atoms with Crippen LogP contribution in [0.15, 0.2) is 115 Å². The second-order valence-electron chi connectivity index (χ2n) is 14.0. The Balaban J connectivity index is 1.29. The summed E-state index contributed by atoms with van der Waals surface area (Å²) in [6.07, 6.45) is 2.52. The number of benzene rings is 4. The summed E-state index contributed by atoms with van der Waals surface area (Å²) in [5.74, 6) is -4.35. The van der Waals surface area contributed by atoms with Gasteiger partial charge in [0.25, 0.3) is 11.8 Å². The largest absolute Gasteiger partial charge is 0.508 e. The molecule has 9 heteroatoms. The monoisotopic (exact) mass is 681 g/mol. The molecule has 6 atom stereocenters. The molecule has 8 rings (SSSR count). The number of hydrogen-bond acceptors (Lipinski definition) is 7. The minimum Gasteiger partial charge on any atom is -0.508 e. The number of aromatic hydroxyl groups is 1. The van der Waals surface area contributed by atoms with E-state index < -0.39 is 46.8 Å². The maximum absolute atomic E-state index is 15.3. The zero-order valence-corrected chi connectivity index (χ0v) is 28.5. The highest BCUT2D eigenvalue weighted by atomic mass is 16.5. The number of imide groups is 2. The fourth-order valence-electron chi connectivity index (χ4n) is 9.07. The summed E-state index contributed by atoms with van der Waals surface area (Å²) in [5.41, 5.74) is 6.11. The van der Waals surface area contributed by atoms with E-state index in [1.54, 1.807) is 25.1 Å². The Labute approximate surface area is 296 Å². The number of hydrogen-bond donors (Lipinski definition) is 2. The minimum absolute atomic E-state index is 0.0857. The molecule has 0 bridgehead atoms. The van der Waals surface area contributed by atoms with E-state index in [1.165, 1.54) is 4.90 Å². The third-order valence-corrected chi connectivity index (χ3v) is 11.4. The molecule has 0 spiro atoms. The van der Waals surface area contributed by atoms with Crippen LogP contribution in [-0.4, -0.2) is 45.2 Å². The summed E-state index contributed by atoms with van der Waals surface area (Å²) >= 11 is 0. The second kappa shape index (κ2) is 12.6. The van der Waals surface area contributed by atoms with Gasteiger partial charge in [0.05, 0.1) is 28.9 Å². The van der Waals surface area contributed by atoms with Crippen molar-refractivity contribution in [3.05, 3.63) is 137 Å². The Bertz CT molecular complexity index is 2060. The molecule has 2 N–H and O–H groups in total. The zero-order chi connectivity index (χ0) is 35.4. The number of aryl methyl sites for hydroxylation is 1. The lowest BCUT2D eigenvalue weighted by Crippen LogP contribution is -2.53. The van der Waals surface area contributed by atoms with Crippen molar-refractivity contribution in [2.75, 3.05) is 12.0 Å². The minimum atomic E-state index is -1.47. The molecule has 258 valence electrons. The number of likely N-dealkylation sites (tertiary alicyclic amines) is 1. The molecule has 2 aliphatic heterocycles. The van der Waals surface area contributed by atoms with Gasteiger partial charge in [-0.3, -0.25) is 29.5 Å². The Morgan fingerprint density at radius 1 is 0.843 bits per heavy atom. The van der Waals surface area contributed by atoms with E-state index in [0.29, 0.717) is 35.6 Å². The Hall–Kier alpha value is -5.70. The average Bonchev–Trinajstić information content (AvgIpc) is 3.53. The molecule has 2 heterocycles. The third-order valence-electron chi connectivity index (χ3n) is 11.4. The second-order valence-corrected chi connectivity index (χ2v) is 14.0. The number of carbonyl (C=O) groups is 4. The number of phenolic OH excluding ortho intramolecular Hbond substituents is 1. The smallest absolute Gasteiger partial charge is 0.260 e. The standard InChI is InChI=1S/C42H39N3O6/c1-3-44-38(47)32-21-20-30-33(36(32)40(44)49)23-34-39(48)45(43-28-16-14-25(2)15-17-28)41(50)42(34,27-12-8-5-9-13-27)37(30)31-19-18-29(22-35(31)46)51-24-26-10-6-4-7-11-26/h4-20,22,32-34,36-37,43,46H,3,21,23-24H2,1-2H3. The average molecular weight is 682 g/mol. The van der Waals surface area contributed by atoms with Crippen LogP contribution in [0.4, 0.5) is 5.69 Å². The van der Waals surface area contributed by atoms with Crippen LogP contribution in [0.2, 0.25) is 0 Å². The fourth-order valence-corrected chi connectivity index (χ4v) is 9.07. The first-order chi connectivity index (χ1) is 24.7. The van der Waals surface area contributed by atoms with Gasteiger partial charge in [0.2, 0.25) is 11.8 Å². The van der Waals surface area contributed by atoms with Gasteiger partial charge in [-0.25, -0.2) is 0 Å². The van der Waals surface area contributed by atoms with Crippen LogP contribution in [0.25, 0.3) is 0 Å². The molecule has 4 aromatic rings. The van der Waals surface area contributed by atoms with Crippen LogP contribution < -0.4 is 10.2 Å². The number of nitrogens with zero attached hydrogens (tertiary/aromatic N) is 2. The first-order valence-electron chi connectivity index (χ1n) is 17.6. The number of hydrazine groups is 1. The number of nitrogens with one attached hydrogen (secondary N) is 1. The molecule has 0 aromatic heterocycles. The molecule has 51 heavy (non-hydrogen) atoms. The van der Waals surface area contributed by atoms with Gasteiger partial charge in [0.1, 0.15) is 18.1 Å². The van der Waals surface area contributed by atoms with Crippen LogP contribution in [0.1, 0.15) is 47.9 Å². The molecule has 9 nitrogen and oxygen atoms in total. The van der Waals surface area contributed by atoms with E-state index >= 15 is 4.79 Å². The summed E-state index contributed by atoms with van der Waals surface area (Å²) in [4.78, 5) is 58.7. The third kappa shape index (κ3) is 5.05. The van der Waals surface area contributed by atoms with Gasteiger partial charge in [0, 0.05) is 24.1 Å². The highest BCUT2D eigenvalue weighted by Crippen LogP contribution is 2.65. The predicted octanol–water partition coefficient (Wildman–Crippen LogP) is 6.28. The lowest BCUT2D eigenvalue weighted by Gasteiger charge is -2.50. The summed E-state index contributed by atoms with van der Waals surface area (Å²) in [7, 11) is 0. The number of anilines is 1. The number of amides is 4. The number of carbonyl (C=O) groups excluding carboxylic acids is 4. The predicted molar refractivity (Wildman–Crippen MR) is 190 cm³/mol. The first kappa shape index (κ1) is 32.5. The molecular formula is C42H39N3O6. The van der Waals surface area contributed by atoms with Gasteiger partial charge >= 0.3 is 0 Å². The maximum Gasteiger partial charge on any atom is 0.260 e. The van der Waals surface area contributed by atoms with Gasteiger partial charge in [-0.1, -0.05) is 96.1 Å². The molecule has 2 aliphatic carbocycles. The number of ether oxygens (including phenoxy) is 1. The lowest BCUT2D eigenvalue weighted by molar-refractivity contribution is -0.141.